The molecule has 0 aromatic heterocycles. The lowest BCUT2D eigenvalue weighted by molar-refractivity contribution is -0.139. The van der Waals surface area contributed by atoms with Crippen molar-refractivity contribution in [2.75, 3.05) is 26.2 Å². The Morgan fingerprint density at radius 3 is 2.76 bits per heavy atom. The maximum atomic E-state index is 13.4. The molecule has 1 aliphatic heterocycles. The van der Waals surface area contributed by atoms with E-state index >= 15 is 0 Å². The molecule has 1 N–H and O–H groups in total. The highest BCUT2D eigenvalue weighted by molar-refractivity contribution is 7.89. The monoisotopic (exact) mass is 420 g/mol. The van der Waals surface area contributed by atoms with Gasteiger partial charge in [-0.1, -0.05) is 36.4 Å². The van der Waals surface area contributed by atoms with Crippen molar-refractivity contribution in [3.63, 3.8) is 0 Å². The average molecular weight is 421 g/mol. The van der Waals surface area contributed by atoms with Crippen LogP contribution in [0.15, 0.2) is 53.4 Å². The lowest BCUT2D eigenvalue weighted by Crippen LogP contribution is -2.42. The minimum atomic E-state index is -3.82. The summed E-state index contributed by atoms with van der Waals surface area (Å²) in [5.41, 5.74) is 1.50. The Hall–Kier alpha value is -2.29. The second kappa shape index (κ2) is 9.47. The van der Waals surface area contributed by atoms with Gasteiger partial charge < -0.3 is 9.64 Å². The highest BCUT2D eigenvalue weighted by Gasteiger charge is 2.25. The first-order valence-corrected chi connectivity index (χ1v) is 11.1. The third kappa shape index (κ3) is 5.62. The van der Waals surface area contributed by atoms with E-state index in [9.17, 15) is 17.6 Å². The summed E-state index contributed by atoms with van der Waals surface area (Å²) in [7, 11) is -3.82. The Balaban J connectivity index is 1.49. The summed E-state index contributed by atoms with van der Waals surface area (Å²) in [6, 6.07) is 13.4. The topological polar surface area (TPSA) is 75.7 Å². The van der Waals surface area contributed by atoms with Crippen LogP contribution < -0.4 is 4.72 Å². The maximum Gasteiger partial charge on any atom is 0.240 e. The van der Waals surface area contributed by atoms with Crippen molar-refractivity contribution in [3.05, 3.63) is 65.5 Å². The Morgan fingerprint density at radius 1 is 1.24 bits per heavy atom. The van der Waals surface area contributed by atoms with E-state index in [1.54, 1.807) is 11.8 Å². The molecule has 2 aromatic rings. The van der Waals surface area contributed by atoms with Gasteiger partial charge in [0.05, 0.1) is 18.0 Å². The Bertz CT molecular complexity index is 950. The van der Waals surface area contributed by atoms with E-state index in [-0.39, 0.29) is 29.9 Å². The molecule has 1 unspecified atom stereocenters. The van der Waals surface area contributed by atoms with E-state index in [2.05, 4.69) is 4.72 Å². The van der Waals surface area contributed by atoms with Gasteiger partial charge >= 0.3 is 0 Å². The molecule has 1 aliphatic rings. The average Bonchev–Trinajstić information content (AvgIpc) is 2.73. The third-order valence-corrected chi connectivity index (χ3v) is 6.49. The van der Waals surface area contributed by atoms with Crippen LogP contribution in [0.4, 0.5) is 4.39 Å². The molecule has 1 amide bonds. The van der Waals surface area contributed by atoms with Gasteiger partial charge in [-0.15, -0.1) is 0 Å². The highest BCUT2D eigenvalue weighted by Crippen LogP contribution is 2.22. The Kier molecular flexibility index (Phi) is 7.00. The molecule has 1 atom stereocenters. The van der Waals surface area contributed by atoms with Crippen LogP contribution in [0.2, 0.25) is 0 Å². The van der Waals surface area contributed by atoms with Crippen molar-refractivity contribution in [2.45, 2.75) is 30.8 Å². The highest BCUT2D eigenvalue weighted by atomic mass is 32.2. The summed E-state index contributed by atoms with van der Waals surface area (Å²) in [5, 5.41) is 0. The van der Waals surface area contributed by atoms with Crippen molar-refractivity contribution in [1.29, 1.82) is 0 Å². The summed E-state index contributed by atoms with van der Waals surface area (Å²) in [6.45, 7) is 3.19. The molecule has 2 aromatic carbocycles. The molecule has 1 saturated heterocycles. The second-order valence-corrected chi connectivity index (χ2v) is 8.76. The van der Waals surface area contributed by atoms with Gasteiger partial charge in [0.25, 0.3) is 0 Å². The maximum absolute atomic E-state index is 13.4. The molecule has 6 nitrogen and oxygen atoms in total. The molecule has 1 heterocycles. The number of amides is 1. The van der Waals surface area contributed by atoms with Crippen LogP contribution in [0.1, 0.15) is 30.1 Å². The van der Waals surface area contributed by atoms with Crippen LogP contribution in [0.5, 0.6) is 0 Å². The van der Waals surface area contributed by atoms with Crippen LogP contribution in [-0.2, 0) is 19.6 Å². The first kappa shape index (κ1) is 21.4. The minimum Gasteiger partial charge on any atom is -0.370 e. The number of rotatable bonds is 7. The van der Waals surface area contributed by atoms with Crippen LogP contribution in [0, 0.1) is 12.7 Å². The fraction of sp³-hybridized carbons (Fsp3) is 0.381. The molecule has 0 radical (unpaired) electrons. The fourth-order valence-corrected chi connectivity index (χ4v) is 4.62. The van der Waals surface area contributed by atoms with Crippen molar-refractivity contribution < 1.29 is 22.3 Å². The van der Waals surface area contributed by atoms with Crippen LogP contribution in [0.25, 0.3) is 0 Å². The smallest absolute Gasteiger partial charge is 0.240 e. The predicted octanol–water partition coefficient (Wildman–Crippen LogP) is 2.79. The zero-order chi connectivity index (χ0) is 20.9. The van der Waals surface area contributed by atoms with E-state index in [0.717, 1.165) is 11.6 Å². The van der Waals surface area contributed by atoms with Gasteiger partial charge in [-0.3, -0.25) is 4.79 Å². The molecule has 29 heavy (non-hydrogen) atoms. The molecular weight excluding hydrogens is 395 g/mol. The van der Waals surface area contributed by atoms with Crippen LogP contribution >= 0.6 is 0 Å². The summed E-state index contributed by atoms with van der Waals surface area (Å²) in [5.74, 6) is -0.637. The van der Waals surface area contributed by atoms with Gasteiger partial charge in [0.15, 0.2) is 0 Å². The molecule has 1 fully saturated rings. The Morgan fingerprint density at radius 2 is 2.00 bits per heavy atom. The molecule has 0 bridgehead atoms. The molecule has 3 rings (SSSR count). The summed E-state index contributed by atoms with van der Waals surface area (Å²) in [6.07, 6.45) is 0.440. The number of halogens is 1. The van der Waals surface area contributed by atoms with Gasteiger partial charge in [0.1, 0.15) is 11.9 Å². The van der Waals surface area contributed by atoms with E-state index in [1.807, 2.05) is 30.3 Å². The number of hydrogen-bond acceptors (Lipinski definition) is 4. The molecule has 8 heteroatoms. The van der Waals surface area contributed by atoms with Crippen molar-refractivity contribution in [2.24, 2.45) is 0 Å². The third-order valence-electron chi connectivity index (χ3n) is 4.89. The molecule has 0 saturated carbocycles. The van der Waals surface area contributed by atoms with E-state index in [0.29, 0.717) is 31.7 Å². The summed E-state index contributed by atoms with van der Waals surface area (Å²) < 4.78 is 46.3. The standard InChI is InChI=1S/C21H25FN2O4S/c1-16-9-10-18(22)14-20(16)29(26,27)23-11-5-8-21(25)24-12-13-28-19(15-24)17-6-3-2-4-7-17/h2-4,6-7,9-10,14,19,23H,5,8,11-13,15H2,1H3. The zero-order valence-corrected chi connectivity index (χ0v) is 17.1. The first-order valence-electron chi connectivity index (χ1n) is 9.57. The van der Waals surface area contributed by atoms with E-state index < -0.39 is 15.8 Å². The normalized spacial score (nSPS) is 17.3. The molecule has 0 aliphatic carbocycles. The SMILES string of the molecule is Cc1ccc(F)cc1S(=O)(=O)NCCCC(=O)N1CCOC(c2ccccc2)C1. The largest absolute Gasteiger partial charge is 0.370 e. The molecule has 0 spiro atoms. The first-order chi connectivity index (χ1) is 13.9. The Labute approximate surface area is 170 Å². The van der Waals surface area contributed by atoms with Gasteiger partial charge in [-0.05, 0) is 36.6 Å². The van der Waals surface area contributed by atoms with Crippen molar-refractivity contribution >= 4 is 15.9 Å². The number of sulfonamides is 1. The number of hydrogen-bond donors (Lipinski definition) is 1. The number of aryl methyl sites for hydroxylation is 1. The molecule has 156 valence electrons. The van der Waals surface area contributed by atoms with Crippen LogP contribution in [-0.4, -0.2) is 45.5 Å². The lowest BCUT2D eigenvalue weighted by Gasteiger charge is -2.33. The van der Waals surface area contributed by atoms with Crippen molar-refractivity contribution in [3.8, 4) is 0 Å². The van der Waals surface area contributed by atoms with E-state index in [1.165, 1.54) is 12.1 Å². The lowest BCUT2D eigenvalue weighted by atomic mass is 10.1. The second-order valence-electron chi connectivity index (χ2n) is 7.02. The number of nitrogens with zero attached hydrogens (tertiary/aromatic N) is 1. The zero-order valence-electron chi connectivity index (χ0n) is 16.3. The summed E-state index contributed by atoms with van der Waals surface area (Å²) in [4.78, 5) is 14.2. The number of carbonyl (C=O) groups excluding carboxylic acids is 1. The number of carbonyl (C=O) groups is 1. The van der Waals surface area contributed by atoms with E-state index in [4.69, 9.17) is 4.74 Å². The van der Waals surface area contributed by atoms with Crippen molar-refractivity contribution in [1.82, 2.24) is 9.62 Å². The minimum absolute atomic E-state index is 0.0321. The van der Waals surface area contributed by atoms with Crippen LogP contribution in [0.3, 0.4) is 0 Å². The van der Waals surface area contributed by atoms with Gasteiger partial charge in [-0.25, -0.2) is 17.5 Å². The fourth-order valence-electron chi connectivity index (χ4n) is 3.29. The predicted molar refractivity (Wildman–Crippen MR) is 107 cm³/mol. The molecular formula is C21H25FN2O4S. The number of benzene rings is 2. The van der Waals surface area contributed by atoms with Gasteiger partial charge in [-0.2, -0.15) is 0 Å². The quantitative estimate of drug-likeness (QED) is 0.699. The number of ether oxygens (including phenoxy) is 1. The summed E-state index contributed by atoms with van der Waals surface area (Å²) >= 11 is 0. The number of nitrogens with one attached hydrogen (secondary N) is 1. The van der Waals surface area contributed by atoms with Gasteiger partial charge in [0.2, 0.25) is 15.9 Å². The van der Waals surface area contributed by atoms with Gasteiger partial charge in [0, 0.05) is 19.5 Å². The number of morpholine rings is 1.